The van der Waals surface area contributed by atoms with Crippen LogP contribution >= 0.6 is 0 Å². The number of carbonyl (C=O) groups excluding carboxylic acids is 3. The summed E-state index contributed by atoms with van der Waals surface area (Å²) in [5.41, 5.74) is 2.99. The fourth-order valence-corrected chi connectivity index (χ4v) is 2.27. The lowest BCUT2D eigenvalue weighted by Crippen LogP contribution is -2.21. The Labute approximate surface area is 152 Å². The van der Waals surface area contributed by atoms with Gasteiger partial charge in [0, 0.05) is 19.2 Å². The van der Waals surface area contributed by atoms with Gasteiger partial charge in [0.2, 0.25) is 5.91 Å². The number of hydrogen-bond acceptors (Lipinski definition) is 4. The Balaban J connectivity index is 1.83. The van der Waals surface area contributed by atoms with Crippen LogP contribution in [0, 0.1) is 0 Å². The Kier molecular flexibility index (Phi) is 6.91. The molecule has 0 bridgehead atoms. The number of carbonyl (C=O) groups is 3. The van der Waals surface area contributed by atoms with Crippen LogP contribution in [-0.4, -0.2) is 24.4 Å². The van der Waals surface area contributed by atoms with E-state index >= 15 is 0 Å². The van der Waals surface area contributed by atoms with Gasteiger partial charge in [-0.25, -0.2) is 4.79 Å². The van der Waals surface area contributed by atoms with Gasteiger partial charge in [-0.15, -0.1) is 0 Å². The van der Waals surface area contributed by atoms with Gasteiger partial charge in [0.25, 0.3) is 5.91 Å². The van der Waals surface area contributed by atoms with Gasteiger partial charge in [-0.05, 0) is 41.8 Å². The minimum atomic E-state index is -0.575. The van der Waals surface area contributed by atoms with E-state index in [9.17, 15) is 14.4 Å². The molecule has 2 N–H and O–H groups in total. The summed E-state index contributed by atoms with van der Waals surface area (Å²) in [5, 5.41) is 5.38. The Bertz CT molecular complexity index is 785. The van der Waals surface area contributed by atoms with Gasteiger partial charge in [-0.2, -0.15) is 0 Å². The van der Waals surface area contributed by atoms with E-state index in [0.29, 0.717) is 17.8 Å². The van der Waals surface area contributed by atoms with Gasteiger partial charge < -0.3 is 15.4 Å². The quantitative estimate of drug-likeness (QED) is 0.749. The maximum Gasteiger partial charge on any atom is 0.338 e. The normalized spacial score (nSPS) is 10.1. The van der Waals surface area contributed by atoms with Crippen molar-refractivity contribution in [1.82, 2.24) is 5.32 Å². The molecule has 26 heavy (non-hydrogen) atoms. The molecule has 0 radical (unpaired) electrons. The van der Waals surface area contributed by atoms with E-state index in [1.165, 1.54) is 6.92 Å². The molecule has 0 heterocycles. The van der Waals surface area contributed by atoms with Crippen LogP contribution in [0.3, 0.4) is 0 Å². The molecule has 0 saturated carbocycles. The molecule has 6 nitrogen and oxygen atoms in total. The molecule has 2 aromatic carbocycles. The minimum Gasteiger partial charge on any atom is -0.452 e. The largest absolute Gasteiger partial charge is 0.452 e. The fourth-order valence-electron chi connectivity index (χ4n) is 2.27. The van der Waals surface area contributed by atoms with Gasteiger partial charge >= 0.3 is 5.97 Å². The van der Waals surface area contributed by atoms with E-state index in [4.69, 9.17) is 4.74 Å². The zero-order valence-electron chi connectivity index (χ0n) is 14.9. The van der Waals surface area contributed by atoms with Gasteiger partial charge in [0.1, 0.15) is 0 Å². The van der Waals surface area contributed by atoms with Crippen molar-refractivity contribution in [2.75, 3.05) is 11.9 Å². The van der Waals surface area contributed by atoms with E-state index in [1.807, 2.05) is 25.1 Å². The Hall–Kier alpha value is -3.15. The van der Waals surface area contributed by atoms with Crippen molar-refractivity contribution in [3.05, 3.63) is 65.2 Å². The highest BCUT2D eigenvalue weighted by molar-refractivity contribution is 5.95. The number of nitrogens with one attached hydrogen (secondary N) is 2. The highest BCUT2D eigenvalue weighted by atomic mass is 16.5. The van der Waals surface area contributed by atoms with Crippen molar-refractivity contribution >= 4 is 23.5 Å². The number of ether oxygens (including phenoxy) is 1. The van der Waals surface area contributed by atoms with Crippen LogP contribution < -0.4 is 10.6 Å². The summed E-state index contributed by atoms with van der Waals surface area (Å²) in [4.78, 5) is 34.8. The average molecular weight is 354 g/mol. The molecule has 0 spiro atoms. The first kappa shape index (κ1) is 19.2. The Morgan fingerprint density at radius 3 is 2.38 bits per heavy atom. The minimum absolute atomic E-state index is 0.121. The van der Waals surface area contributed by atoms with Crippen molar-refractivity contribution in [2.45, 2.75) is 26.8 Å². The maximum absolute atomic E-state index is 12.0. The number of benzene rings is 2. The van der Waals surface area contributed by atoms with Crippen molar-refractivity contribution in [3.8, 4) is 0 Å². The van der Waals surface area contributed by atoms with E-state index in [-0.39, 0.29) is 12.5 Å². The zero-order valence-corrected chi connectivity index (χ0v) is 14.9. The topological polar surface area (TPSA) is 84.5 Å². The number of aryl methyl sites for hydroxylation is 1. The predicted octanol–water partition coefficient (Wildman–Crippen LogP) is 2.68. The third kappa shape index (κ3) is 6.05. The average Bonchev–Trinajstić information content (AvgIpc) is 2.65. The number of esters is 1. The van der Waals surface area contributed by atoms with Crippen LogP contribution in [-0.2, 0) is 27.3 Å². The molecule has 0 aliphatic heterocycles. The summed E-state index contributed by atoms with van der Waals surface area (Å²) in [6, 6.07) is 14.2. The summed E-state index contributed by atoms with van der Waals surface area (Å²) in [7, 11) is 0. The summed E-state index contributed by atoms with van der Waals surface area (Å²) in [5.74, 6) is -1.09. The number of hydrogen-bond donors (Lipinski definition) is 2. The molecule has 0 unspecified atom stereocenters. The van der Waals surface area contributed by atoms with Crippen LogP contribution in [0.2, 0.25) is 0 Å². The first-order valence-electron chi connectivity index (χ1n) is 8.37. The van der Waals surface area contributed by atoms with Crippen molar-refractivity contribution < 1.29 is 19.1 Å². The number of rotatable bonds is 7. The van der Waals surface area contributed by atoms with Crippen LogP contribution in [0.1, 0.15) is 35.3 Å². The summed E-state index contributed by atoms with van der Waals surface area (Å²) < 4.78 is 5.04. The lowest BCUT2D eigenvalue weighted by atomic mass is 10.1. The van der Waals surface area contributed by atoms with E-state index in [2.05, 4.69) is 10.6 Å². The lowest BCUT2D eigenvalue weighted by molar-refractivity contribution is -0.119. The molecule has 0 fully saturated rings. The summed E-state index contributed by atoms with van der Waals surface area (Å²) >= 11 is 0. The highest BCUT2D eigenvalue weighted by Gasteiger charge is 2.10. The molecule has 0 aliphatic carbocycles. The van der Waals surface area contributed by atoms with Crippen molar-refractivity contribution in [3.63, 3.8) is 0 Å². The molecule has 0 saturated heterocycles. The van der Waals surface area contributed by atoms with Crippen LogP contribution in [0.4, 0.5) is 5.69 Å². The second-order valence-electron chi connectivity index (χ2n) is 5.78. The Morgan fingerprint density at radius 2 is 1.73 bits per heavy atom. The van der Waals surface area contributed by atoms with Crippen LogP contribution in [0.25, 0.3) is 0 Å². The van der Waals surface area contributed by atoms with Gasteiger partial charge in [0.15, 0.2) is 6.61 Å². The summed E-state index contributed by atoms with van der Waals surface area (Å²) in [6.45, 7) is 3.51. The first-order valence-corrected chi connectivity index (χ1v) is 8.37. The van der Waals surface area contributed by atoms with Crippen molar-refractivity contribution in [1.29, 1.82) is 0 Å². The molecule has 2 aromatic rings. The van der Waals surface area contributed by atoms with Crippen molar-refractivity contribution in [2.24, 2.45) is 0 Å². The number of amides is 2. The van der Waals surface area contributed by atoms with Gasteiger partial charge in [0.05, 0.1) is 5.56 Å². The first-order chi connectivity index (χ1) is 12.5. The van der Waals surface area contributed by atoms with Gasteiger partial charge in [-0.1, -0.05) is 31.2 Å². The molecular formula is C20H22N2O4. The molecule has 0 atom stereocenters. The maximum atomic E-state index is 12.0. The highest BCUT2D eigenvalue weighted by Crippen LogP contribution is 2.11. The smallest absolute Gasteiger partial charge is 0.338 e. The van der Waals surface area contributed by atoms with E-state index in [1.54, 1.807) is 30.3 Å². The molecular weight excluding hydrogens is 332 g/mol. The third-order valence-corrected chi connectivity index (χ3v) is 3.68. The molecule has 2 rings (SSSR count). The fraction of sp³-hybridized carbons (Fsp3) is 0.250. The van der Waals surface area contributed by atoms with Crippen LogP contribution in [0.5, 0.6) is 0 Å². The molecule has 6 heteroatoms. The molecule has 0 aliphatic rings. The zero-order chi connectivity index (χ0) is 18.9. The van der Waals surface area contributed by atoms with E-state index < -0.39 is 11.9 Å². The van der Waals surface area contributed by atoms with Gasteiger partial charge in [-0.3, -0.25) is 9.59 Å². The molecule has 2 amide bonds. The van der Waals surface area contributed by atoms with E-state index in [0.717, 1.165) is 17.5 Å². The SMILES string of the molecule is CCc1cccc(NC(=O)COC(=O)c2ccc(CNC(C)=O)cc2)c1. The van der Waals surface area contributed by atoms with Crippen LogP contribution in [0.15, 0.2) is 48.5 Å². The third-order valence-electron chi connectivity index (χ3n) is 3.68. The second-order valence-corrected chi connectivity index (χ2v) is 5.78. The number of anilines is 1. The Morgan fingerprint density at radius 1 is 1.00 bits per heavy atom. The predicted molar refractivity (Wildman–Crippen MR) is 98.7 cm³/mol. The standard InChI is InChI=1S/C20H22N2O4/c1-3-15-5-4-6-18(11-15)22-19(24)13-26-20(25)17-9-7-16(8-10-17)12-21-14(2)23/h4-11H,3,12-13H2,1-2H3,(H,21,23)(H,22,24). The lowest BCUT2D eigenvalue weighted by Gasteiger charge is -2.08. The monoisotopic (exact) mass is 354 g/mol. The summed E-state index contributed by atoms with van der Waals surface area (Å²) in [6.07, 6.45) is 0.872. The molecule has 136 valence electrons. The molecule has 0 aromatic heterocycles. The second kappa shape index (κ2) is 9.36.